The molecular formula is C18H32N2O2. The summed E-state index contributed by atoms with van der Waals surface area (Å²) in [6.07, 6.45) is 3.95. The van der Waals surface area contributed by atoms with E-state index >= 15 is 0 Å². The molecule has 0 aromatic heterocycles. The van der Waals surface area contributed by atoms with Crippen molar-refractivity contribution in [3.63, 3.8) is 0 Å². The predicted octanol–water partition coefficient (Wildman–Crippen LogP) is 3.42. The maximum atomic E-state index is 12.2. The van der Waals surface area contributed by atoms with Crippen LogP contribution in [-0.2, 0) is 4.74 Å². The zero-order chi connectivity index (χ0) is 16.6. The maximum Gasteiger partial charge on any atom is 0.410 e. The van der Waals surface area contributed by atoms with Crippen LogP contribution in [0.4, 0.5) is 4.79 Å². The third kappa shape index (κ3) is 6.70. The summed E-state index contributed by atoms with van der Waals surface area (Å²) in [5.74, 6) is 6.61. The van der Waals surface area contributed by atoms with Gasteiger partial charge in [0, 0.05) is 25.6 Å². The van der Waals surface area contributed by atoms with Crippen molar-refractivity contribution in [1.29, 1.82) is 0 Å². The summed E-state index contributed by atoms with van der Waals surface area (Å²) < 4.78 is 5.47. The molecule has 1 aliphatic heterocycles. The number of rotatable bonds is 6. The third-order valence-electron chi connectivity index (χ3n) is 3.86. The lowest BCUT2D eigenvalue weighted by atomic mass is 9.94. The molecule has 126 valence electrons. The van der Waals surface area contributed by atoms with Crippen LogP contribution < -0.4 is 5.32 Å². The number of carbonyl (C=O) groups is 1. The Morgan fingerprint density at radius 3 is 2.77 bits per heavy atom. The topological polar surface area (TPSA) is 41.6 Å². The predicted molar refractivity (Wildman–Crippen MR) is 90.7 cm³/mol. The Labute approximate surface area is 136 Å². The Morgan fingerprint density at radius 2 is 2.18 bits per heavy atom. The summed E-state index contributed by atoms with van der Waals surface area (Å²) in [5.41, 5.74) is -0.425. The van der Waals surface area contributed by atoms with Gasteiger partial charge in [-0.05, 0) is 59.4 Å². The van der Waals surface area contributed by atoms with E-state index in [-0.39, 0.29) is 6.09 Å². The zero-order valence-electron chi connectivity index (χ0n) is 14.9. The van der Waals surface area contributed by atoms with E-state index in [1.54, 1.807) is 0 Å². The average molecular weight is 308 g/mol. The summed E-state index contributed by atoms with van der Waals surface area (Å²) >= 11 is 0. The second-order valence-electron chi connectivity index (χ2n) is 7.00. The van der Waals surface area contributed by atoms with Crippen molar-refractivity contribution in [1.82, 2.24) is 10.2 Å². The van der Waals surface area contributed by atoms with Gasteiger partial charge in [-0.2, -0.15) is 0 Å². The first-order chi connectivity index (χ1) is 10.4. The van der Waals surface area contributed by atoms with Gasteiger partial charge < -0.3 is 15.0 Å². The number of nitrogens with zero attached hydrogens (tertiary/aromatic N) is 1. The fourth-order valence-corrected chi connectivity index (χ4v) is 2.79. The maximum absolute atomic E-state index is 12.2. The fraction of sp³-hybridized carbons (Fsp3) is 0.833. The number of hydrogen-bond acceptors (Lipinski definition) is 3. The van der Waals surface area contributed by atoms with Gasteiger partial charge in [0.05, 0.1) is 0 Å². The van der Waals surface area contributed by atoms with E-state index in [1.165, 1.54) is 0 Å². The van der Waals surface area contributed by atoms with Crippen molar-refractivity contribution in [3.8, 4) is 11.8 Å². The van der Waals surface area contributed by atoms with Gasteiger partial charge in [-0.15, -0.1) is 11.8 Å². The number of nitrogens with one attached hydrogen (secondary N) is 1. The van der Waals surface area contributed by atoms with Crippen molar-refractivity contribution in [2.45, 2.75) is 71.9 Å². The minimum absolute atomic E-state index is 0.183. The van der Waals surface area contributed by atoms with Gasteiger partial charge in [0.15, 0.2) is 0 Å². The molecule has 0 bridgehead atoms. The van der Waals surface area contributed by atoms with Gasteiger partial charge in [0.1, 0.15) is 5.60 Å². The Bertz CT molecular complexity index is 404. The lowest BCUT2D eigenvalue weighted by Gasteiger charge is -2.26. The summed E-state index contributed by atoms with van der Waals surface area (Å²) in [6.45, 7) is 12.4. The van der Waals surface area contributed by atoms with Crippen LogP contribution in [0, 0.1) is 17.8 Å². The van der Waals surface area contributed by atoms with Gasteiger partial charge in [-0.25, -0.2) is 4.79 Å². The number of carbonyl (C=O) groups excluding carboxylic acids is 1. The number of likely N-dealkylation sites (tertiary alicyclic amines) is 1. The van der Waals surface area contributed by atoms with Crippen LogP contribution in [0.1, 0.15) is 60.3 Å². The largest absolute Gasteiger partial charge is 0.444 e. The molecule has 0 aromatic rings. The molecule has 0 spiro atoms. The first-order valence-corrected chi connectivity index (χ1v) is 8.48. The minimum atomic E-state index is -0.425. The fourth-order valence-electron chi connectivity index (χ4n) is 2.79. The third-order valence-corrected chi connectivity index (χ3v) is 3.86. The average Bonchev–Trinajstić information content (AvgIpc) is 2.90. The normalized spacial score (nSPS) is 19.5. The smallest absolute Gasteiger partial charge is 0.410 e. The highest BCUT2D eigenvalue weighted by Crippen LogP contribution is 2.24. The monoisotopic (exact) mass is 308 g/mol. The van der Waals surface area contributed by atoms with Crippen LogP contribution in [0.2, 0.25) is 0 Å². The lowest BCUT2D eigenvalue weighted by Crippen LogP contribution is -2.40. The molecule has 4 nitrogen and oxygen atoms in total. The number of hydrogen-bond donors (Lipinski definition) is 1. The van der Waals surface area contributed by atoms with E-state index < -0.39 is 5.60 Å². The van der Waals surface area contributed by atoms with E-state index in [4.69, 9.17) is 4.74 Å². The summed E-state index contributed by atoms with van der Waals surface area (Å²) in [6, 6.07) is 0.438. The van der Waals surface area contributed by atoms with E-state index in [2.05, 4.69) is 24.1 Å². The first kappa shape index (κ1) is 18.8. The highest BCUT2D eigenvalue weighted by atomic mass is 16.6. The molecule has 1 amide bonds. The van der Waals surface area contributed by atoms with Crippen LogP contribution in [0.15, 0.2) is 0 Å². The van der Waals surface area contributed by atoms with Gasteiger partial charge in [0.25, 0.3) is 0 Å². The molecule has 1 rings (SSSR count). The molecule has 1 heterocycles. The molecule has 1 fully saturated rings. The molecule has 1 saturated heterocycles. The van der Waals surface area contributed by atoms with Crippen LogP contribution in [-0.4, -0.2) is 42.3 Å². The van der Waals surface area contributed by atoms with Crippen molar-refractivity contribution in [2.75, 3.05) is 19.6 Å². The van der Waals surface area contributed by atoms with E-state index in [0.717, 1.165) is 45.3 Å². The van der Waals surface area contributed by atoms with Crippen LogP contribution in [0.3, 0.4) is 0 Å². The van der Waals surface area contributed by atoms with E-state index in [9.17, 15) is 4.79 Å². The highest BCUT2D eigenvalue weighted by molar-refractivity contribution is 5.68. The van der Waals surface area contributed by atoms with E-state index in [1.807, 2.05) is 32.6 Å². The van der Waals surface area contributed by atoms with Crippen molar-refractivity contribution in [2.24, 2.45) is 5.92 Å². The quantitative estimate of drug-likeness (QED) is 0.765. The molecule has 1 aliphatic rings. The Balaban J connectivity index is 2.54. The minimum Gasteiger partial charge on any atom is -0.444 e. The van der Waals surface area contributed by atoms with Crippen LogP contribution in [0.5, 0.6) is 0 Å². The summed E-state index contributed by atoms with van der Waals surface area (Å²) in [7, 11) is 0. The van der Waals surface area contributed by atoms with Gasteiger partial charge >= 0.3 is 6.09 Å². The Morgan fingerprint density at radius 1 is 1.45 bits per heavy atom. The van der Waals surface area contributed by atoms with Crippen molar-refractivity contribution in [3.05, 3.63) is 0 Å². The number of ether oxygens (including phenoxy) is 1. The lowest BCUT2D eigenvalue weighted by molar-refractivity contribution is 0.0285. The van der Waals surface area contributed by atoms with Crippen LogP contribution >= 0.6 is 0 Å². The standard InChI is InChI=1S/C18H32N2O2/c1-6-8-9-10-16(19-12-7-2)15-11-13-20(14-15)17(21)22-18(3,4)5/h15-16,19H,7,9-14H2,1-5H3. The summed E-state index contributed by atoms with van der Waals surface area (Å²) in [4.78, 5) is 14.0. The zero-order valence-corrected chi connectivity index (χ0v) is 14.9. The number of amides is 1. The molecular weight excluding hydrogens is 276 g/mol. The molecule has 0 saturated carbocycles. The second kappa shape index (κ2) is 9.05. The van der Waals surface area contributed by atoms with Crippen LogP contribution in [0.25, 0.3) is 0 Å². The Kier molecular flexibility index (Phi) is 7.75. The highest BCUT2D eigenvalue weighted by Gasteiger charge is 2.33. The Hall–Kier alpha value is -1.21. The van der Waals surface area contributed by atoms with Gasteiger partial charge in [-0.1, -0.05) is 6.92 Å². The van der Waals surface area contributed by atoms with Crippen molar-refractivity contribution < 1.29 is 9.53 Å². The molecule has 1 N–H and O–H groups in total. The first-order valence-electron chi connectivity index (χ1n) is 8.48. The molecule has 4 heteroatoms. The molecule has 0 radical (unpaired) electrons. The molecule has 0 aliphatic carbocycles. The van der Waals surface area contributed by atoms with Gasteiger partial charge in [0.2, 0.25) is 0 Å². The molecule has 0 aromatic carbocycles. The van der Waals surface area contributed by atoms with Gasteiger partial charge in [-0.3, -0.25) is 0 Å². The molecule has 2 atom stereocenters. The SMILES string of the molecule is CC#CCCC(NCCC)C1CCN(C(=O)OC(C)(C)C)C1. The second-order valence-corrected chi connectivity index (χ2v) is 7.00. The molecule has 2 unspecified atom stereocenters. The molecule has 22 heavy (non-hydrogen) atoms. The van der Waals surface area contributed by atoms with E-state index in [0.29, 0.717) is 12.0 Å². The van der Waals surface area contributed by atoms with Crippen molar-refractivity contribution >= 4 is 6.09 Å². The summed E-state index contributed by atoms with van der Waals surface area (Å²) in [5, 5.41) is 3.63.